The van der Waals surface area contributed by atoms with Crippen LogP contribution in [0.25, 0.3) is 0 Å². The average molecular weight is 492 g/mol. The highest BCUT2D eigenvalue weighted by Crippen LogP contribution is 2.39. The summed E-state index contributed by atoms with van der Waals surface area (Å²) >= 11 is 0. The topological polar surface area (TPSA) is 60.0 Å². The molecule has 0 radical (unpaired) electrons. The number of halogens is 1. The van der Waals surface area contributed by atoms with Crippen LogP contribution in [0.4, 0.5) is 20.6 Å². The van der Waals surface area contributed by atoms with Crippen LogP contribution in [0.15, 0.2) is 53.5 Å². The molecule has 1 saturated heterocycles. The van der Waals surface area contributed by atoms with Crippen molar-refractivity contribution in [2.75, 3.05) is 23.3 Å². The van der Waals surface area contributed by atoms with Gasteiger partial charge in [-0.25, -0.2) is 9.18 Å². The molecule has 2 heterocycles. The molecule has 2 aromatic carbocycles. The molecule has 2 fully saturated rings. The Morgan fingerprint density at radius 1 is 1.06 bits per heavy atom. The van der Waals surface area contributed by atoms with Gasteiger partial charge in [0.05, 0.1) is 0 Å². The van der Waals surface area contributed by atoms with Crippen LogP contribution in [0.5, 0.6) is 0 Å². The van der Waals surface area contributed by atoms with E-state index in [-0.39, 0.29) is 11.8 Å². The van der Waals surface area contributed by atoms with Crippen molar-refractivity contribution in [2.45, 2.75) is 83.0 Å². The van der Waals surface area contributed by atoms with Gasteiger partial charge in [0.25, 0.3) is 0 Å². The summed E-state index contributed by atoms with van der Waals surface area (Å²) in [5.74, 6) is 0.445. The third-order valence-corrected chi connectivity index (χ3v) is 7.82. The number of hydrogen-bond donors (Lipinski definition) is 2. The number of amides is 2. The number of amidine groups is 1. The van der Waals surface area contributed by atoms with E-state index in [2.05, 4.69) is 58.6 Å². The van der Waals surface area contributed by atoms with Gasteiger partial charge in [0.15, 0.2) is 0 Å². The van der Waals surface area contributed by atoms with Crippen LogP contribution in [-0.4, -0.2) is 47.5 Å². The van der Waals surface area contributed by atoms with Gasteiger partial charge in [-0.3, -0.25) is 9.80 Å². The number of piperidine rings is 1. The molecule has 7 heteroatoms. The van der Waals surface area contributed by atoms with Crippen molar-refractivity contribution in [2.24, 2.45) is 4.99 Å². The number of benzene rings is 2. The Morgan fingerprint density at radius 2 is 1.81 bits per heavy atom. The number of carbonyl (C=O) groups is 1. The van der Waals surface area contributed by atoms with E-state index < -0.39 is 5.54 Å². The number of hydrogen-bond acceptors (Lipinski definition) is 4. The van der Waals surface area contributed by atoms with Gasteiger partial charge in [0.1, 0.15) is 17.2 Å². The Kier molecular flexibility index (Phi) is 7.28. The fraction of sp³-hybridized carbons (Fsp3) is 0.517. The second-order valence-corrected chi connectivity index (χ2v) is 10.8. The summed E-state index contributed by atoms with van der Waals surface area (Å²) in [5, 5.41) is 7.24. The highest BCUT2D eigenvalue weighted by Gasteiger charge is 2.52. The van der Waals surface area contributed by atoms with E-state index in [0.717, 1.165) is 51.2 Å². The average Bonchev–Trinajstić information content (AvgIpc) is 3.12. The predicted octanol–water partition coefficient (Wildman–Crippen LogP) is 5.94. The third kappa shape index (κ3) is 5.12. The molecule has 2 aliphatic heterocycles. The highest BCUT2D eigenvalue weighted by molar-refractivity contribution is 6.16. The molecule has 1 spiro atoms. The SMILES string of the molecule is CC(C)Nc1ccccc1CN1CCC2(CC1)C(NC1CCCCC1)=NC(=O)N2c1cccc(F)c1. The van der Waals surface area contributed by atoms with Gasteiger partial charge in [-0.2, -0.15) is 4.99 Å². The number of nitrogens with zero attached hydrogens (tertiary/aromatic N) is 3. The third-order valence-electron chi connectivity index (χ3n) is 7.82. The van der Waals surface area contributed by atoms with Gasteiger partial charge < -0.3 is 10.6 Å². The van der Waals surface area contributed by atoms with Crippen molar-refractivity contribution < 1.29 is 9.18 Å². The zero-order chi connectivity index (χ0) is 25.1. The van der Waals surface area contributed by atoms with Gasteiger partial charge in [-0.1, -0.05) is 43.5 Å². The maximum absolute atomic E-state index is 14.2. The minimum Gasteiger partial charge on any atom is -0.383 e. The second kappa shape index (κ2) is 10.6. The molecule has 2 amide bonds. The lowest BCUT2D eigenvalue weighted by atomic mass is 9.83. The minimum atomic E-state index is -0.561. The number of anilines is 2. The van der Waals surface area contributed by atoms with E-state index >= 15 is 0 Å². The quantitative estimate of drug-likeness (QED) is 0.525. The molecule has 0 unspecified atom stereocenters. The van der Waals surface area contributed by atoms with Crippen LogP contribution < -0.4 is 15.5 Å². The summed E-state index contributed by atoms with van der Waals surface area (Å²) in [6.07, 6.45) is 7.41. The molecule has 192 valence electrons. The van der Waals surface area contributed by atoms with Crippen LogP contribution >= 0.6 is 0 Å². The van der Waals surface area contributed by atoms with E-state index in [1.165, 1.54) is 42.6 Å². The largest absolute Gasteiger partial charge is 0.383 e. The summed E-state index contributed by atoms with van der Waals surface area (Å²) in [5.41, 5.74) is 2.48. The number of likely N-dealkylation sites (tertiary alicyclic amines) is 1. The van der Waals surface area contributed by atoms with Gasteiger partial charge in [-0.15, -0.1) is 0 Å². The van der Waals surface area contributed by atoms with E-state index in [0.29, 0.717) is 17.8 Å². The molecular formula is C29H38FN5O. The first-order valence-electron chi connectivity index (χ1n) is 13.5. The summed E-state index contributed by atoms with van der Waals surface area (Å²) < 4.78 is 14.2. The Hall–Kier alpha value is -2.93. The zero-order valence-electron chi connectivity index (χ0n) is 21.5. The number of aliphatic imine (C=N–C) groups is 1. The predicted molar refractivity (Wildman–Crippen MR) is 144 cm³/mol. The molecule has 1 saturated carbocycles. The standard InChI is InChI=1S/C29H38FN5O/c1-21(2)31-26-14-7-6-9-22(26)20-34-17-15-29(16-18-34)27(32-24-11-4-3-5-12-24)33-28(36)35(29)25-13-8-10-23(30)19-25/h6-10,13-14,19,21,24,31H,3-5,11-12,15-18,20H2,1-2H3,(H,32,33,36). The second-order valence-electron chi connectivity index (χ2n) is 10.8. The monoisotopic (exact) mass is 491 g/mol. The molecule has 2 aromatic rings. The molecule has 3 aliphatic rings. The summed E-state index contributed by atoms with van der Waals surface area (Å²) in [4.78, 5) is 22.0. The lowest BCUT2D eigenvalue weighted by molar-refractivity contribution is 0.181. The Labute approximate surface area is 214 Å². The normalized spacial score (nSPS) is 20.7. The van der Waals surface area contributed by atoms with Crippen molar-refractivity contribution in [1.82, 2.24) is 10.2 Å². The smallest absolute Gasteiger partial charge is 0.350 e. The number of rotatable bonds is 6. The van der Waals surface area contributed by atoms with Gasteiger partial charge in [0.2, 0.25) is 0 Å². The summed E-state index contributed by atoms with van der Waals surface area (Å²) in [6, 6.07) is 15.3. The zero-order valence-corrected chi connectivity index (χ0v) is 21.5. The fourth-order valence-electron chi connectivity index (χ4n) is 6.01. The maximum atomic E-state index is 14.2. The Morgan fingerprint density at radius 3 is 2.53 bits per heavy atom. The van der Waals surface area contributed by atoms with Crippen molar-refractivity contribution >= 4 is 23.2 Å². The van der Waals surface area contributed by atoms with Crippen molar-refractivity contribution in [1.29, 1.82) is 0 Å². The molecule has 2 N–H and O–H groups in total. The maximum Gasteiger partial charge on any atom is 0.350 e. The van der Waals surface area contributed by atoms with Crippen molar-refractivity contribution in [3.63, 3.8) is 0 Å². The fourth-order valence-corrected chi connectivity index (χ4v) is 6.01. The molecular weight excluding hydrogens is 453 g/mol. The number of nitrogens with one attached hydrogen (secondary N) is 2. The van der Waals surface area contributed by atoms with Crippen LogP contribution in [0.2, 0.25) is 0 Å². The Balaban J connectivity index is 1.38. The van der Waals surface area contributed by atoms with Crippen LogP contribution in [-0.2, 0) is 6.54 Å². The van der Waals surface area contributed by atoms with Crippen LogP contribution in [0.3, 0.4) is 0 Å². The van der Waals surface area contributed by atoms with Crippen molar-refractivity contribution in [3.05, 3.63) is 59.9 Å². The first-order valence-corrected chi connectivity index (χ1v) is 13.5. The van der Waals surface area contributed by atoms with Crippen LogP contribution in [0.1, 0.15) is 64.4 Å². The summed E-state index contributed by atoms with van der Waals surface area (Å²) in [7, 11) is 0. The first kappa shape index (κ1) is 24.8. The highest BCUT2D eigenvalue weighted by atomic mass is 19.1. The molecule has 5 rings (SSSR count). The van der Waals surface area contributed by atoms with E-state index in [9.17, 15) is 9.18 Å². The van der Waals surface area contributed by atoms with Crippen molar-refractivity contribution in [3.8, 4) is 0 Å². The van der Waals surface area contributed by atoms with Gasteiger partial charge in [-0.05, 0) is 69.4 Å². The molecule has 0 atom stereocenters. The number of urea groups is 1. The molecule has 6 nitrogen and oxygen atoms in total. The van der Waals surface area contributed by atoms with Gasteiger partial charge in [0, 0.05) is 43.1 Å². The lowest BCUT2D eigenvalue weighted by Crippen LogP contribution is -2.62. The van der Waals surface area contributed by atoms with E-state index in [1.807, 2.05) is 6.07 Å². The Bertz CT molecular complexity index is 1100. The molecule has 36 heavy (non-hydrogen) atoms. The molecule has 1 aliphatic carbocycles. The number of carbonyl (C=O) groups excluding carboxylic acids is 1. The minimum absolute atomic E-state index is 0.293. The van der Waals surface area contributed by atoms with E-state index in [1.54, 1.807) is 11.0 Å². The van der Waals surface area contributed by atoms with E-state index in [4.69, 9.17) is 0 Å². The summed E-state index contributed by atoms with van der Waals surface area (Å²) in [6.45, 7) is 6.82. The molecule has 0 aromatic heterocycles. The number of para-hydroxylation sites is 1. The van der Waals surface area contributed by atoms with Crippen LogP contribution in [0, 0.1) is 5.82 Å². The first-order chi connectivity index (χ1) is 17.4. The molecule has 0 bridgehead atoms. The van der Waals surface area contributed by atoms with Gasteiger partial charge >= 0.3 is 6.03 Å². The lowest BCUT2D eigenvalue weighted by Gasteiger charge is -2.46.